The normalized spacial score (nSPS) is 24.7. The molecule has 3 rings (SSSR count). The van der Waals surface area contributed by atoms with Crippen LogP contribution in [0, 0.1) is 23.5 Å². The van der Waals surface area contributed by atoms with Crippen molar-refractivity contribution in [2.24, 2.45) is 11.7 Å². The third-order valence-electron chi connectivity index (χ3n) is 5.88. The van der Waals surface area contributed by atoms with E-state index in [0.717, 1.165) is 33.1 Å². The first-order valence-corrected chi connectivity index (χ1v) is 9.76. The number of anilines is 1. The van der Waals surface area contributed by atoms with E-state index in [1.54, 1.807) is 0 Å². The van der Waals surface area contributed by atoms with Crippen molar-refractivity contribution < 1.29 is 45.4 Å². The Balaban J connectivity index is 2.09. The molecule has 3 N–H and O–H groups in total. The van der Waals surface area contributed by atoms with Crippen molar-refractivity contribution >= 4 is 17.5 Å². The van der Waals surface area contributed by atoms with E-state index in [2.05, 4.69) is 10.3 Å². The van der Waals surface area contributed by atoms with Crippen molar-refractivity contribution in [2.45, 2.75) is 37.6 Å². The minimum absolute atomic E-state index is 0.235. The number of ether oxygens (including phenoxy) is 2. The van der Waals surface area contributed by atoms with E-state index >= 15 is 0 Å². The molecule has 1 aliphatic heterocycles. The van der Waals surface area contributed by atoms with Crippen molar-refractivity contribution in [1.82, 2.24) is 4.98 Å². The highest BCUT2D eigenvalue weighted by atomic mass is 19.4. The molecule has 2 heterocycles. The maximum atomic E-state index is 14.4. The van der Waals surface area contributed by atoms with Crippen LogP contribution in [0.15, 0.2) is 24.3 Å². The number of amides is 2. The highest BCUT2D eigenvalue weighted by Gasteiger charge is 2.65. The van der Waals surface area contributed by atoms with E-state index in [-0.39, 0.29) is 11.3 Å². The number of nitrogens with zero attached hydrogens (tertiary/aromatic N) is 1. The third kappa shape index (κ3) is 4.27. The van der Waals surface area contributed by atoms with Gasteiger partial charge >= 0.3 is 6.18 Å². The number of methoxy groups -OCH3 is 1. The largest absolute Gasteiger partial charge is 0.493 e. The first-order chi connectivity index (χ1) is 15.7. The number of carbonyl (C=O) groups excluding carboxylic acids is 2. The number of benzene rings is 1. The lowest BCUT2D eigenvalue weighted by Crippen LogP contribution is -2.47. The highest BCUT2D eigenvalue weighted by Crippen LogP contribution is 2.55. The average molecular weight is 491 g/mol. The van der Waals surface area contributed by atoms with Crippen LogP contribution < -0.4 is 15.8 Å². The first-order valence-electron chi connectivity index (χ1n) is 9.76. The average Bonchev–Trinajstić information content (AvgIpc) is 3.01. The number of rotatable bonds is 5. The van der Waals surface area contributed by atoms with Gasteiger partial charge in [-0.3, -0.25) is 9.59 Å². The fraction of sp³-hybridized carbons (Fsp3) is 0.381. The number of nitrogens with one attached hydrogen (secondary N) is 1. The number of nitrogens with two attached hydrogens (primary N) is 1. The van der Waals surface area contributed by atoms with E-state index in [4.69, 9.17) is 15.2 Å². The molecule has 0 radical (unpaired) electrons. The van der Waals surface area contributed by atoms with Crippen LogP contribution in [0.4, 0.5) is 32.0 Å². The van der Waals surface area contributed by atoms with Crippen LogP contribution in [-0.2, 0) is 9.53 Å². The topological polar surface area (TPSA) is 104 Å². The molecule has 4 atom stereocenters. The Morgan fingerprint density at radius 3 is 2.41 bits per heavy atom. The third-order valence-corrected chi connectivity index (χ3v) is 5.88. The van der Waals surface area contributed by atoms with Gasteiger partial charge in [-0.1, -0.05) is 13.0 Å². The molecule has 0 aliphatic carbocycles. The zero-order valence-corrected chi connectivity index (χ0v) is 18.0. The number of hydrogen-bond donors (Lipinski definition) is 2. The summed E-state index contributed by atoms with van der Waals surface area (Å²) in [5.41, 5.74) is 1.07. The minimum atomic E-state index is -4.95. The van der Waals surface area contributed by atoms with Crippen molar-refractivity contribution in [3.63, 3.8) is 0 Å². The SMILES string of the molecule is COc1c([C@@H]2[C@@H](C(=O)Nc3cc(F)nc(C(N)=O)c3)O[C@](C)(C(F)(F)F)[C@H]2C)ccc(F)c1F. The van der Waals surface area contributed by atoms with Crippen molar-refractivity contribution in [2.75, 3.05) is 12.4 Å². The lowest BCUT2D eigenvalue weighted by atomic mass is 9.77. The predicted molar refractivity (Wildman–Crippen MR) is 105 cm³/mol. The van der Waals surface area contributed by atoms with Gasteiger partial charge < -0.3 is 20.5 Å². The molecule has 0 unspecified atom stereocenters. The van der Waals surface area contributed by atoms with Crippen LogP contribution in [0.3, 0.4) is 0 Å². The predicted octanol–water partition coefficient (Wildman–Crippen LogP) is 3.68. The zero-order chi connectivity index (χ0) is 25.6. The summed E-state index contributed by atoms with van der Waals surface area (Å²) < 4.78 is 93.7. The van der Waals surface area contributed by atoms with Gasteiger partial charge in [0, 0.05) is 29.2 Å². The van der Waals surface area contributed by atoms with Crippen LogP contribution in [0.5, 0.6) is 5.75 Å². The monoisotopic (exact) mass is 491 g/mol. The van der Waals surface area contributed by atoms with Crippen molar-refractivity contribution in [3.8, 4) is 5.75 Å². The molecule has 1 aliphatic rings. The van der Waals surface area contributed by atoms with Crippen LogP contribution in [-0.4, -0.2) is 41.8 Å². The van der Waals surface area contributed by atoms with Gasteiger partial charge in [-0.2, -0.15) is 22.0 Å². The summed E-state index contributed by atoms with van der Waals surface area (Å²) in [4.78, 5) is 27.6. The Morgan fingerprint density at radius 2 is 1.85 bits per heavy atom. The maximum absolute atomic E-state index is 14.4. The summed E-state index contributed by atoms with van der Waals surface area (Å²) in [5.74, 6) is -9.85. The summed E-state index contributed by atoms with van der Waals surface area (Å²) in [7, 11) is 0.991. The van der Waals surface area contributed by atoms with Crippen LogP contribution >= 0.6 is 0 Å². The fourth-order valence-electron chi connectivity index (χ4n) is 3.95. The number of hydrogen-bond acceptors (Lipinski definition) is 5. The van der Waals surface area contributed by atoms with Gasteiger partial charge in [0.15, 0.2) is 17.2 Å². The number of alkyl halides is 3. The Labute approximate surface area is 189 Å². The summed E-state index contributed by atoms with van der Waals surface area (Å²) in [6, 6.07) is 3.31. The van der Waals surface area contributed by atoms with Crippen LogP contribution in [0.1, 0.15) is 35.8 Å². The van der Waals surface area contributed by atoms with E-state index in [9.17, 15) is 35.9 Å². The number of pyridine rings is 1. The Morgan fingerprint density at radius 1 is 1.21 bits per heavy atom. The molecule has 2 amide bonds. The molecule has 13 heteroatoms. The molecule has 0 spiro atoms. The van der Waals surface area contributed by atoms with Gasteiger partial charge in [-0.15, -0.1) is 0 Å². The molecule has 1 aromatic carbocycles. The summed E-state index contributed by atoms with van der Waals surface area (Å²) in [6.07, 6.45) is -6.85. The zero-order valence-electron chi connectivity index (χ0n) is 18.0. The van der Waals surface area contributed by atoms with Crippen LogP contribution in [0.25, 0.3) is 0 Å². The number of primary amides is 1. The molecule has 7 nitrogen and oxygen atoms in total. The quantitative estimate of drug-likeness (QED) is 0.491. The molecule has 1 fully saturated rings. The number of aromatic nitrogens is 1. The van der Waals surface area contributed by atoms with Crippen molar-refractivity contribution in [1.29, 1.82) is 0 Å². The Bertz CT molecular complexity index is 1140. The molecule has 184 valence electrons. The summed E-state index contributed by atoms with van der Waals surface area (Å²) in [5, 5.41) is 2.17. The second-order valence-corrected chi connectivity index (χ2v) is 7.86. The molecule has 1 saturated heterocycles. The van der Waals surface area contributed by atoms with E-state index in [1.807, 2.05) is 0 Å². The first kappa shape index (κ1) is 25.3. The van der Waals surface area contributed by atoms with E-state index in [0.29, 0.717) is 12.1 Å². The van der Waals surface area contributed by atoms with Gasteiger partial charge in [-0.25, -0.2) is 9.37 Å². The summed E-state index contributed by atoms with van der Waals surface area (Å²) in [6.45, 7) is 1.87. The van der Waals surface area contributed by atoms with Gasteiger partial charge in [0.1, 0.15) is 11.8 Å². The Hall–Kier alpha value is -3.35. The van der Waals surface area contributed by atoms with Gasteiger partial charge in [0.2, 0.25) is 11.8 Å². The number of halogens is 6. The van der Waals surface area contributed by atoms with Gasteiger partial charge in [0.05, 0.1) is 7.11 Å². The van der Waals surface area contributed by atoms with Gasteiger partial charge in [-0.05, 0) is 19.1 Å². The second kappa shape index (κ2) is 8.78. The highest BCUT2D eigenvalue weighted by molar-refractivity contribution is 5.97. The molecule has 1 aromatic heterocycles. The minimum Gasteiger partial charge on any atom is -0.493 e. The Kier molecular flexibility index (Phi) is 6.53. The second-order valence-electron chi connectivity index (χ2n) is 7.86. The maximum Gasteiger partial charge on any atom is 0.417 e. The number of carbonyl (C=O) groups is 2. The van der Waals surface area contributed by atoms with Gasteiger partial charge in [0.25, 0.3) is 11.8 Å². The molecular weight excluding hydrogens is 472 g/mol. The molecule has 2 aromatic rings. The van der Waals surface area contributed by atoms with Crippen LogP contribution in [0.2, 0.25) is 0 Å². The van der Waals surface area contributed by atoms with E-state index in [1.165, 1.54) is 0 Å². The van der Waals surface area contributed by atoms with E-state index < -0.39 is 70.6 Å². The molecule has 34 heavy (non-hydrogen) atoms. The standard InChI is InChI=1S/C21H19F6N3O4/c1-8-14(10-4-5-11(22)15(24)16(10)33-3)17(34-20(8,2)21(25,26)27)19(32)29-9-6-12(18(28)31)30-13(23)7-9/h4-8,14,17H,1-3H3,(H2,28,31)(H,29,30,32)/t8-,14+,17-,20-/m0/s1. The molecule has 0 saturated carbocycles. The van der Waals surface area contributed by atoms with Crippen molar-refractivity contribution in [3.05, 3.63) is 53.1 Å². The molecular formula is C21H19F6N3O4. The lowest BCUT2D eigenvalue weighted by molar-refractivity contribution is -0.272. The lowest BCUT2D eigenvalue weighted by Gasteiger charge is -2.32. The smallest absolute Gasteiger partial charge is 0.417 e. The summed E-state index contributed by atoms with van der Waals surface area (Å²) >= 11 is 0. The molecule has 0 bridgehead atoms. The fourth-order valence-corrected chi connectivity index (χ4v) is 3.95.